The van der Waals surface area contributed by atoms with E-state index < -0.39 is 0 Å². The lowest BCUT2D eigenvalue weighted by molar-refractivity contribution is 0.550. The highest BCUT2D eigenvalue weighted by Gasteiger charge is 2.05. The van der Waals surface area contributed by atoms with Crippen LogP contribution in [-0.2, 0) is 6.54 Å². The Kier molecular flexibility index (Phi) is 5.51. The van der Waals surface area contributed by atoms with Crippen molar-refractivity contribution in [3.05, 3.63) is 28.8 Å². The Morgan fingerprint density at radius 1 is 1.40 bits per heavy atom. The van der Waals surface area contributed by atoms with Gasteiger partial charge in [0.15, 0.2) is 0 Å². The zero-order valence-corrected chi connectivity index (χ0v) is 11.1. The minimum Gasteiger partial charge on any atom is -0.312 e. The van der Waals surface area contributed by atoms with Crippen molar-refractivity contribution in [2.45, 2.75) is 25.3 Å². The van der Waals surface area contributed by atoms with Crippen LogP contribution in [-0.4, -0.2) is 12.8 Å². The summed E-state index contributed by atoms with van der Waals surface area (Å²) in [6.45, 7) is 6.29. The predicted octanol–water partition coefficient (Wildman–Crippen LogP) is 3.81. The molecule has 15 heavy (non-hydrogen) atoms. The van der Waals surface area contributed by atoms with E-state index in [1.165, 1.54) is 10.5 Å². The highest BCUT2D eigenvalue weighted by molar-refractivity contribution is 7.98. The summed E-state index contributed by atoms with van der Waals surface area (Å²) in [5.41, 5.74) is 1.22. The van der Waals surface area contributed by atoms with E-state index in [0.29, 0.717) is 5.92 Å². The van der Waals surface area contributed by atoms with Crippen molar-refractivity contribution >= 4 is 23.4 Å². The fraction of sp³-hybridized carbons (Fsp3) is 0.500. The molecule has 0 aromatic heterocycles. The highest BCUT2D eigenvalue weighted by atomic mass is 35.5. The Balaban J connectivity index is 2.66. The van der Waals surface area contributed by atoms with Crippen LogP contribution in [0.15, 0.2) is 23.1 Å². The molecule has 0 fully saturated rings. The number of nitrogens with one attached hydrogen (secondary N) is 1. The number of rotatable bonds is 5. The van der Waals surface area contributed by atoms with Gasteiger partial charge in [-0.2, -0.15) is 0 Å². The first-order valence-corrected chi connectivity index (χ1v) is 6.77. The lowest BCUT2D eigenvalue weighted by Crippen LogP contribution is -2.19. The first-order valence-electron chi connectivity index (χ1n) is 5.17. The molecule has 1 rings (SSSR count). The lowest BCUT2D eigenvalue weighted by Gasteiger charge is -2.12. The largest absolute Gasteiger partial charge is 0.312 e. The Hall–Kier alpha value is -0.180. The van der Waals surface area contributed by atoms with Gasteiger partial charge in [0.1, 0.15) is 0 Å². The topological polar surface area (TPSA) is 12.0 Å². The van der Waals surface area contributed by atoms with Crippen molar-refractivity contribution in [3.63, 3.8) is 0 Å². The zero-order chi connectivity index (χ0) is 11.3. The van der Waals surface area contributed by atoms with Crippen molar-refractivity contribution in [2.24, 2.45) is 5.92 Å². The lowest BCUT2D eigenvalue weighted by atomic mass is 10.2. The van der Waals surface area contributed by atoms with Gasteiger partial charge >= 0.3 is 0 Å². The Morgan fingerprint density at radius 2 is 2.13 bits per heavy atom. The quantitative estimate of drug-likeness (QED) is 0.790. The molecule has 0 atom stereocenters. The maximum absolute atomic E-state index is 6.17. The Labute approximate surface area is 102 Å². The van der Waals surface area contributed by atoms with Gasteiger partial charge in [-0.1, -0.05) is 31.5 Å². The minimum absolute atomic E-state index is 0.671. The second-order valence-electron chi connectivity index (χ2n) is 3.95. The summed E-state index contributed by atoms with van der Waals surface area (Å²) in [5, 5.41) is 4.28. The number of thioether (sulfide) groups is 1. The van der Waals surface area contributed by atoms with E-state index in [2.05, 4.69) is 31.5 Å². The molecule has 1 aromatic rings. The third-order valence-corrected chi connectivity index (χ3v) is 3.33. The molecule has 0 heterocycles. The molecule has 3 heteroatoms. The van der Waals surface area contributed by atoms with Crippen molar-refractivity contribution in [2.75, 3.05) is 12.8 Å². The molecule has 1 nitrogen and oxygen atoms in total. The SMILES string of the molecule is CSc1cccc(Cl)c1CNCC(C)C. The molecule has 0 radical (unpaired) electrons. The number of halogens is 1. The van der Waals surface area contributed by atoms with Crippen LogP contribution < -0.4 is 5.32 Å². The van der Waals surface area contributed by atoms with Gasteiger partial charge in [0, 0.05) is 16.5 Å². The van der Waals surface area contributed by atoms with E-state index in [9.17, 15) is 0 Å². The standard InChI is InChI=1S/C12H18ClNS/c1-9(2)7-14-8-10-11(13)5-4-6-12(10)15-3/h4-6,9,14H,7-8H2,1-3H3. The van der Waals surface area contributed by atoms with Gasteiger partial charge in [-0.05, 0) is 36.4 Å². The van der Waals surface area contributed by atoms with Gasteiger partial charge in [-0.25, -0.2) is 0 Å². The third-order valence-electron chi connectivity index (χ3n) is 2.15. The van der Waals surface area contributed by atoms with Gasteiger partial charge in [-0.15, -0.1) is 11.8 Å². The molecule has 0 bridgehead atoms. The summed E-state index contributed by atoms with van der Waals surface area (Å²) in [5.74, 6) is 0.671. The molecule has 0 aliphatic rings. The molecule has 0 saturated heterocycles. The van der Waals surface area contributed by atoms with Gasteiger partial charge < -0.3 is 5.32 Å². The maximum Gasteiger partial charge on any atom is 0.0462 e. The van der Waals surface area contributed by atoms with Gasteiger partial charge in [0.25, 0.3) is 0 Å². The van der Waals surface area contributed by atoms with Gasteiger partial charge in [0.2, 0.25) is 0 Å². The minimum atomic E-state index is 0.671. The van der Waals surface area contributed by atoms with Crippen molar-refractivity contribution < 1.29 is 0 Å². The summed E-state index contributed by atoms with van der Waals surface area (Å²) in [4.78, 5) is 1.26. The molecular weight excluding hydrogens is 226 g/mol. The van der Waals surface area contributed by atoms with Crippen LogP contribution in [0.1, 0.15) is 19.4 Å². The summed E-state index contributed by atoms with van der Waals surface area (Å²) < 4.78 is 0. The second-order valence-corrected chi connectivity index (χ2v) is 5.20. The fourth-order valence-electron chi connectivity index (χ4n) is 1.39. The number of benzene rings is 1. The monoisotopic (exact) mass is 243 g/mol. The second kappa shape index (κ2) is 6.41. The first-order chi connectivity index (χ1) is 7.15. The smallest absolute Gasteiger partial charge is 0.0462 e. The van der Waals surface area contributed by atoms with Crippen LogP contribution in [0.25, 0.3) is 0 Å². The first kappa shape index (κ1) is 12.9. The molecule has 0 unspecified atom stereocenters. The highest BCUT2D eigenvalue weighted by Crippen LogP contribution is 2.26. The van der Waals surface area contributed by atoms with E-state index in [1.807, 2.05) is 12.1 Å². The molecule has 0 spiro atoms. The molecule has 0 aliphatic carbocycles. The molecule has 84 valence electrons. The van der Waals surface area contributed by atoms with Crippen LogP contribution in [0.2, 0.25) is 5.02 Å². The van der Waals surface area contributed by atoms with Crippen LogP contribution in [0.3, 0.4) is 0 Å². The van der Waals surface area contributed by atoms with Crippen LogP contribution in [0, 0.1) is 5.92 Å². The van der Waals surface area contributed by atoms with Crippen molar-refractivity contribution in [1.29, 1.82) is 0 Å². The van der Waals surface area contributed by atoms with Gasteiger partial charge in [0.05, 0.1) is 0 Å². The molecule has 1 aromatic carbocycles. The maximum atomic E-state index is 6.17. The van der Waals surface area contributed by atoms with Crippen molar-refractivity contribution in [1.82, 2.24) is 5.32 Å². The summed E-state index contributed by atoms with van der Waals surface area (Å²) >= 11 is 7.91. The van der Waals surface area contributed by atoms with E-state index in [1.54, 1.807) is 11.8 Å². The molecule has 0 amide bonds. The normalized spacial score (nSPS) is 11.0. The summed E-state index contributed by atoms with van der Waals surface area (Å²) in [6, 6.07) is 6.07. The van der Waals surface area contributed by atoms with E-state index in [4.69, 9.17) is 11.6 Å². The number of hydrogen-bond donors (Lipinski definition) is 1. The van der Waals surface area contributed by atoms with E-state index in [-0.39, 0.29) is 0 Å². The van der Waals surface area contributed by atoms with Crippen molar-refractivity contribution in [3.8, 4) is 0 Å². The Bertz CT molecular complexity index is 312. The third kappa shape index (κ3) is 4.06. The zero-order valence-electron chi connectivity index (χ0n) is 9.51. The fourth-order valence-corrected chi connectivity index (χ4v) is 2.33. The predicted molar refractivity (Wildman–Crippen MR) is 69.8 cm³/mol. The van der Waals surface area contributed by atoms with Gasteiger partial charge in [-0.3, -0.25) is 0 Å². The summed E-state index contributed by atoms with van der Waals surface area (Å²) in [7, 11) is 0. The molecular formula is C12H18ClNS. The molecule has 0 aliphatic heterocycles. The van der Waals surface area contributed by atoms with E-state index in [0.717, 1.165) is 18.1 Å². The average Bonchev–Trinajstić information content (AvgIpc) is 2.20. The Morgan fingerprint density at radius 3 is 2.73 bits per heavy atom. The molecule has 0 saturated carbocycles. The number of hydrogen-bond acceptors (Lipinski definition) is 2. The van der Waals surface area contributed by atoms with Crippen LogP contribution in [0.4, 0.5) is 0 Å². The van der Waals surface area contributed by atoms with Crippen LogP contribution >= 0.6 is 23.4 Å². The molecule has 1 N–H and O–H groups in total. The summed E-state index contributed by atoms with van der Waals surface area (Å²) in [6.07, 6.45) is 2.08. The van der Waals surface area contributed by atoms with E-state index >= 15 is 0 Å². The average molecular weight is 244 g/mol. The van der Waals surface area contributed by atoms with Crippen LogP contribution in [0.5, 0.6) is 0 Å².